The van der Waals surface area contributed by atoms with Crippen LogP contribution in [0.25, 0.3) is 0 Å². The first kappa shape index (κ1) is 18.4. The first-order valence-corrected chi connectivity index (χ1v) is 7.77. The maximum atomic E-state index is 12.1. The Bertz CT molecular complexity index is 664. The number of hydrogen-bond donors (Lipinski definition) is 5. The van der Waals surface area contributed by atoms with Gasteiger partial charge in [-0.3, -0.25) is 14.4 Å². The number of carbonyl (C=O) groups is 4. The summed E-state index contributed by atoms with van der Waals surface area (Å²) in [6.07, 6.45) is -0.171. The first-order chi connectivity index (χ1) is 11.9. The number of nitrogens with one attached hydrogen (secondary N) is 3. The van der Waals surface area contributed by atoms with Crippen molar-refractivity contribution in [1.29, 1.82) is 0 Å². The summed E-state index contributed by atoms with van der Waals surface area (Å²) in [5.41, 5.74) is 5.49. The van der Waals surface area contributed by atoms with Gasteiger partial charge in [-0.15, -0.1) is 0 Å². The second-order valence-electron chi connectivity index (χ2n) is 5.80. The van der Waals surface area contributed by atoms with Crippen LogP contribution in [0.5, 0.6) is 0 Å². The van der Waals surface area contributed by atoms with E-state index in [0.29, 0.717) is 18.5 Å². The van der Waals surface area contributed by atoms with Crippen molar-refractivity contribution in [3.8, 4) is 0 Å². The minimum Gasteiger partial charge on any atom is -0.480 e. The van der Waals surface area contributed by atoms with E-state index >= 15 is 0 Å². The van der Waals surface area contributed by atoms with Crippen molar-refractivity contribution >= 4 is 23.7 Å². The Morgan fingerprint density at radius 1 is 1.24 bits per heavy atom. The second kappa shape index (κ2) is 8.25. The molecule has 3 amide bonds. The number of carboxylic acids is 1. The summed E-state index contributed by atoms with van der Waals surface area (Å²) < 4.78 is 0. The molecule has 0 aliphatic carbocycles. The molecule has 0 radical (unpaired) electrons. The first-order valence-electron chi connectivity index (χ1n) is 7.77. The van der Waals surface area contributed by atoms with Gasteiger partial charge in [0, 0.05) is 18.2 Å². The molecule has 2 rings (SSSR count). The van der Waals surface area contributed by atoms with Crippen molar-refractivity contribution in [1.82, 2.24) is 16.0 Å². The topological polar surface area (TPSA) is 151 Å². The van der Waals surface area contributed by atoms with E-state index in [1.54, 1.807) is 30.3 Å². The molecule has 1 aromatic rings. The molecule has 3 atom stereocenters. The molecule has 134 valence electrons. The fourth-order valence-electron chi connectivity index (χ4n) is 2.58. The number of rotatable bonds is 7. The molecule has 1 aromatic carbocycles. The van der Waals surface area contributed by atoms with E-state index in [1.165, 1.54) is 0 Å². The predicted molar refractivity (Wildman–Crippen MR) is 87.5 cm³/mol. The van der Waals surface area contributed by atoms with Crippen LogP contribution in [0, 0.1) is 0 Å². The van der Waals surface area contributed by atoms with Crippen molar-refractivity contribution in [3.05, 3.63) is 35.9 Å². The number of amides is 3. The number of carbonyl (C=O) groups excluding carboxylic acids is 3. The normalized spacial score (nSPS) is 20.5. The lowest BCUT2D eigenvalue weighted by molar-refractivity contribution is -0.143. The third-order valence-corrected chi connectivity index (χ3v) is 3.84. The molecule has 0 saturated carbocycles. The van der Waals surface area contributed by atoms with Gasteiger partial charge in [-0.1, -0.05) is 18.2 Å². The highest BCUT2D eigenvalue weighted by atomic mass is 16.4. The van der Waals surface area contributed by atoms with Gasteiger partial charge in [-0.25, -0.2) is 4.79 Å². The molecule has 1 unspecified atom stereocenters. The molecule has 9 heteroatoms. The number of benzene rings is 1. The van der Waals surface area contributed by atoms with Gasteiger partial charge in [-0.05, 0) is 18.6 Å². The van der Waals surface area contributed by atoms with Crippen LogP contribution in [-0.2, 0) is 14.4 Å². The Morgan fingerprint density at radius 3 is 2.52 bits per heavy atom. The van der Waals surface area contributed by atoms with Crippen LogP contribution in [-0.4, -0.2) is 53.5 Å². The third kappa shape index (κ3) is 5.28. The lowest BCUT2D eigenvalue weighted by Gasteiger charge is -2.16. The number of carboxylic acid groups (broad SMARTS) is 1. The monoisotopic (exact) mass is 348 g/mol. The molecule has 0 aromatic heterocycles. The fraction of sp³-hybridized carbons (Fsp3) is 0.375. The Balaban J connectivity index is 1.87. The summed E-state index contributed by atoms with van der Waals surface area (Å²) in [5.74, 6) is -2.95. The average Bonchev–Trinajstić information content (AvgIpc) is 3.03. The Morgan fingerprint density at radius 2 is 1.92 bits per heavy atom. The van der Waals surface area contributed by atoms with Crippen LogP contribution in [0.3, 0.4) is 0 Å². The maximum absolute atomic E-state index is 12.1. The predicted octanol–water partition coefficient (Wildman–Crippen LogP) is -1.41. The fourth-order valence-corrected chi connectivity index (χ4v) is 2.58. The van der Waals surface area contributed by atoms with Crippen molar-refractivity contribution < 1.29 is 24.3 Å². The number of hydrogen-bond acceptors (Lipinski definition) is 5. The van der Waals surface area contributed by atoms with Gasteiger partial charge in [0.05, 0.1) is 12.5 Å². The molecule has 1 heterocycles. The van der Waals surface area contributed by atoms with Gasteiger partial charge < -0.3 is 26.8 Å². The number of primary amides is 1. The van der Waals surface area contributed by atoms with E-state index in [4.69, 9.17) is 10.8 Å². The summed E-state index contributed by atoms with van der Waals surface area (Å²) in [5, 5.41) is 17.0. The minimum absolute atomic E-state index is 0.245. The van der Waals surface area contributed by atoms with E-state index in [9.17, 15) is 19.2 Å². The number of aliphatic carboxylic acids is 1. The lowest BCUT2D eigenvalue weighted by atomic mass is 10.1. The summed E-state index contributed by atoms with van der Waals surface area (Å²) in [7, 11) is 0. The van der Waals surface area contributed by atoms with E-state index < -0.39 is 36.3 Å². The molecule has 0 spiro atoms. The van der Waals surface area contributed by atoms with E-state index in [1.807, 2.05) is 0 Å². The van der Waals surface area contributed by atoms with Gasteiger partial charge in [0.1, 0.15) is 6.04 Å². The van der Waals surface area contributed by atoms with Crippen LogP contribution in [0.2, 0.25) is 0 Å². The van der Waals surface area contributed by atoms with Gasteiger partial charge in [0.2, 0.25) is 11.8 Å². The van der Waals surface area contributed by atoms with Crippen molar-refractivity contribution in [2.75, 3.05) is 6.54 Å². The molecule has 1 saturated heterocycles. The molecular weight excluding hydrogens is 328 g/mol. The van der Waals surface area contributed by atoms with Gasteiger partial charge in [0.25, 0.3) is 5.91 Å². The molecule has 1 aliphatic rings. The second-order valence-corrected chi connectivity index (χ2v) is 5.80. The van der Waals surface area contributed by atoms with Gasteiger partial charge >= 0.3 is 5.97 Å². The van der Waals surface area contributed by atoms with Crippen molar-refractivity contribution in [3.63, 3.8) is 0 Å². The van der Waals surface area contributed by atoms with Crippen molar-refractivity contribution in [2.45, 2.75) is 31.0 Å². The molecule has 0 bridgehead atoms. The highest BCUT2D eigenvalue weighted by Gasteiger charge is 2.33. The largest absolute Gasteiger partial charge is 0.480 e. The third-order valence-electron chi connectivity index (χ3n) is 3.84. The van der Waals surface area contributed by atoms with Crippen LogP contribution in [0.1, 0.15) is 23.2 Å². The SMILES string of the molecule is NC(=O)C[C@H](NC(=O)C1C[C@@H](NC(=O)c2ccccc2)CN1)C(=O)O. The van der Waals surface area contributed by atoms with Crippen LogP contribution >= 0.6 is 0 Å². The summed E-state index contributed by atoms with van der Waals surface area (Å²) in [6.45, 7) is 0.379. The van der Waals surface area contributed by atoms with E-state index in [2.05, 4.69) is 16.0 Å². The van der Waals surface area contributed by atoms with Gasteiger partial charge in [-0.2, -0.15) is 0 Å². The maximum Gasteiger partial charge on any atom is 0.326 e. The lowest BCUT2D eigenvalue weighted by Crippen LogP contribution is -2.49. The molecule has 25 heavy (non-hydrogen) atoms. The molecule has 1 fully saturated rings. The summed E-state index contributed by atoms with van der Waals surface area (Å²) in [4.78, 5) is 46.2. The molecule has 9 nitrogen and oxygen atoms in total. The zero-order chi connectivity index (χ0) is 18.4. The zero-order valence-electron chi connectivity index (χ0n) is 13.4. The highest BCUT2D eigenvalue weighted by Crippen LogP contribution is 2.09. The summed E-state index contributed by atoms with van der Waals surface area (Å²) >= 11 is 0. The van der Waals surface area contributed by atoms with Crippen LogP contribution in [0.4, 0.5) is 0 Å². The zero-order valence-corrected chi connectivity index (χ0v) is 13.4. The van der Waals surface area contributed by atoms with E-state index in [0.717, 1.165) is 0 Å². The van der Waals surface area contributed by atoms with Crippen LogP contribution < -0.4 is 21.7 Å². The standard InChI is InChI=1S/C16H20N4O5/c17-13(21)7-12(16(24)25)20-15(23)11-6-10(8-18-11)19-14(22)9-4-2-1-3-5-9/h1-5,10-12,18H,6-8H2,(H2,17,21)(H,19,22)(H,20,23)(H,24,25)/t10-,11?,12+/m1/s1. The smallest absolute Gasteiger partial charge is 0.326 e. The molecular formula is C16H20N4O5. The Labute approximate surface area is 144 Å². The summed E-state index contributed by atoms with van der Waals surface area (Å²) in [6, 6.07) is 6.39. The van der Waals surface area contributed by atoms with Crippen LogP contribution in [0.15, 0.2) is 30.3 Å². The van der Waals surface area contributed by atoms with Gasteiger partial charge in [0.15, 0.2) is 0 Å². The quantitative estimate of drug-likeness (QED) is 0.408. The number of nitrogens with two attached hydrogens (primary N) is 1. The molecule has 1 aliphatic heterocycles. The van der Waals surface area contributed by atoms with Crippen molar-refractivity contribution in [2.24, 2.45) is 5.73 Å². The van der Waals surface area contributed by atoms with E-state index in [-0.39, 0.29) is 11.9 Å². The highest BCUT2D eigenvalue weighted by molar-refractivity contribution is 5.94. The Kier molecular flexibility index (Phi) is 6.07. The minimum atomic E-state index is -1.37. The Hall–Kier alpha value is -2.94. The molecule has 6 N–H and O–H groups in total. The average molecular weight is 348 g/mol.